The second kappa shape index (κ2) is 6.78. The van der Waals surface area contributed by atoms with Gasteiger partial charge in [-0.05, 0) is 24.6 Å². The van der Waals surface area contributed by atoms with Crippen molar-refractivity contribution < 1.29 is 14.3 Å². The first-order valence-corrected chi connectivity index (χ1v) is 6.74. The number of anilines is 1. The molecule has 6 nitrogen and oxygen atoms in total. The van der Waals surface area contributed by atoms with Crippen molar-refractivity contribution in [2.45, 2.75) is 20.0 Å². The van der Waals surface area contributed by atoms with E-state index in [1.807, 2.05) is 20.0 Å². The Morgan fingerprint density at radius 3 is 2.86 bits per heavy atom. The highest BCUT2D eigenvalue weighted by atomic mass is 16.6. The molecule has 2 aromatic rings. The summed E-state index contributed by atoms with van der Waals surface area (Å²) < 4.78 is 12.2. The van der Waals surface area contributed by atoms with E-state index < -0.39 is 5.97 Å². The van der Waals surface area contributed by atoms with Crippen LogP contribution in [0.2, 0.25) is 0 Å². The Hall–Kier alpha value is -2.50. The van der Waals surface area contributed by atoms with Crippen LogP contribution >= 0.6 is 0 Å². The zero-order valence-corrected chi connectivity index (χ0v) is 12.2. The normalized spacial score (nSPS) is 10.4. The van der Waals surface area contributed by atoms with Crippen LogP contribution in [0.1, 0.15) is 18.3 Å². The molecule has 0 spiro atoms. The van der Waals surface area contributed by atoms with Crippen LogP contribution in [-0.4, -0.2) is 22.4 Å². The SMILES string of the molecule is CCc1cc(COC(=O)COc2cccc(N)c2)n(C)n1. The minimum absolute atomic E-state index is 0.151. The minimum atomic E-state index is -0.434. The van der Waals surface area contributed by atoms with Gasteiger partial charge >= 0.3 is 5.97 Å². The first-order chi connectivity index (χ1) is 10.1. The summed E-state index contributed by atoms with van der Waals surface area (Å²) in [6.07, 6.45) is 0.848. The van der Waals surface area contributed by atoms with Crippen LogP contribution in [0.15, 0.2) is 30.3 Å². The van der Waals surface area contributed by atoms with E-state index in [-0.39, 0.29) is 13.2 Å². The van der Waals surface area contributed by atoms with Gasteiger partial charge in [-0.3, -0.25) is 4.68 Å². The van der Waals surface area contributed by atoms with Crippen LogP contribution in [0.3, 0.4) is 0 Å². The number of carbonyl (C=O) groups excluding carboxylic acids is 1. The van der Waals surface area contributed by atoms with E-state index in [2.05, 4.69) is 5.10 Å². The highest BCUT2D eigenvalue weighted by molar-refractivity contribution is 5.71. The van der Waals surface area contributed by atoms with Crippen molar-refractivity contribution in [2.75, 3.05) is 12.3 Å². The van der Waals surface area contributed by atoms with E-state index in [1.165, 1.54) is 0 Å². The Kier molecular flexibility index (Phi) is 4.81. The third-order valence-corrected chi connectivity index (χ3v) is 2.99. The van der Waals surface area contributed by atoms with Gasteiger partial charge in [0.05, 0.1) is 11.4 Å². The predicted molar refractivity (Wildman–Crippen MR) is 78.7 cm³/mol. The molecule has 0 aliphatic heterocycles. The molecule has 0 bridgehead atoms. The first kappa shape index (κ1) is 14.9. The average molecular weight is 289 g/mol. The summed E-state index contributed by atoms with van der Waals surface area (Å²) in [6.45, 7) is 2.06. The van der Waals surface area contributed by atoms with Crippen LogP contribution in [0.5, 0.6) is 5.75 Å². The smallest absolute Gasteiger partial charge is 0.344 e. The largest absolute Gasteiger partial charge is 0.482 e. The number of ether oxygens (including phenoxy) is 2. The van der Waals surface area contributed by atoms with Crippen LogP contribution < -0.4 is 10.5 Å². The maximum atomic E-state index is 11.7. The molecular weight excluding hydrogens is 270 g/mol. The maximum absolute atomic E-state index is 11.7. The molecule has 1 aromatic heterocycles. The molecule has 2 N–H and O–H groups in total. The second-order valence-electron chi connectivity index (χ2n) is 4.63. The van der Waals surface area contributed by atoms with Crippen molar-refractivity contribution in [3.63, 3.8) is 0 Å². The molecule has 1 aromatic carbocycles. The molecule has 0 aliphatic rings. The lowest BCUT2D eigenvalue weighted by atomic mass is 10.3. The fourth-order valence-corrected chi connectivity index (χ4v) is 1.82. The Labute approximate surface area is 123 Å². The van der Waals surface area contributed by atoms with Gasteiger partial charge < -0.3 is 15.2 Å². The van der Waals surface area contributed by atoms with E-state index in [4.69, 9.17) is 15.2 Å². The second-order valence-corrected chi connectivity index (χ2v) is 4.63. The van der Waals surface area contributed by atoms with Gasteiger partial charge in [-0.15, -0.1) is 0 Å². The topological polar surface area (TPSA) is 79.4 Å². The molecule has 0 unspecified atom stereocenters. The highest BCUT2D eigenvalue weighted by Gasteiger charge is 2.08. The number of hydrogen-bond donors (Lipinski definition) is 1. The van der Waals surface area contributed by atoms with Gasteiger partial charge in [0.25, 0.3) is 0 Å². The van der Waals surface area contributed by atoms with Gasteiger partial charge in [-0.2, -0.15) is 5.10 Å². The Balaban J connectivity index is 1.80. The number of nitrogens with two attached hydrogens (primary N) is 1. The van der Waals surface area contributed by atoms with Gasteiger partial charge in [0, 0.05) is 18.8 Å². The number of aryl methyl sites for hydroxylation is 2. The summed E-state index contributed by atoms with van der Waals surface area (Å²) >= 11 is 0. The molecule has 0 saturated carbocycles. The highest BCUT2D eigenvalue weighted by Crippen LogP contribution is 2.14. The molecule has 112 valence electrons. The van der Waals surface area contributed by atoms with E-state index in [0.29, 0.717) is 11.4 Å². The van der Waals surface area contributed by atoms with Gasteiger partial charge in [0.15, 0.2) is 6.61 Å². The van der Waals surface area contributed by atoms with Crippen molar-refractivity contribution in [1.82, 2.24) is 9.78 Å². The fraction of sp³-hybridized carbons (Fsp3) is 0.333. The molecule has 21 heavy (non-hydrogen) atoms. The number of hydrogen-bond acceptors (Lipinski definition) is 5. The summed E-state index contributed by atoms with van der Waals surface area (Å²) in [4.78, 5) is 11.7. The molecule has 0 saturated heterocycles. The summed E-state index contributed by atoms with van der Waals surface area (Å²) in [5, 5.41) is 4.29. The van der Waals surface area contributed by atoms with Gasteiger partial charge in [0.1, 0.15) is 12.4 Å². The summed E-state index contributed by atoms with van der Waals surface area (Å²) in [5.41, 5.74) is 8.03. The average Bonchev–Trinajstić information content (AvgIpc) is 2.83. The third-order valence-electron chi connectivity index (χ3n) is 2.99. The Morgan fingerprint density at radius 2 is 2.19 bits per heavy atom. The van der Waals surface area contributed by atoms with Crippen LogP contribution in [-0.2, 0) is 29.6 Å². The molecule has 1 heterocycles. The van der Waals surface area contributed by atoms with Crippen molar-refractivity contribution in [3.05, 3.63) is 41.7 Å². The van der Waals surface area contributed by atoms with Crippen molar-refractivity contribution >= 4 is 11.7 Å². The molecular formula is C15H19N3O3. The number of carbonyl (C=O) groups is 1. The molecule has 0 fully saturated rings. The lowest BCUT2D eigenvalue weighted by Gasteiger charge is -2.07. The zero-order chi connectivity index (χ0) is 15.2. The van der Waals surface area contributed by atoms with Crippen LogP contribution in [0.4, 0.5) is 5.69 Å². The summed E-state index contributed by atoms with van der Waals surface area (Å²) in [6, 6.07) is 8.82. The quantitative estimate of drug-likeness (QED) is 0.646. The monoisotopic (exact) mass is 289 g/mol. The van der Waals surface area contributed by atoms with E-state index in [0.717, 1.165) is 17.8 Å². The number of nitrogens with zero attached hydrogens (tertiary/aromatic N) is 2. The van der Waals surface area contributed by atoms with Crippen molar-refractivity contribution in [1.29, 1.82) is 0 Å². The standard InChI is InChI=1S/C15H19N3O3/c1-3-12-8-13(18(2)17-12)9-21-15(19)10-20-14-6-4-5-11(16)7-14/h4-8H,3,9-10,16H2,1-2H3. The molecule has 2 rings (SSSR count). The molecule has 0 radical (unpaired) electrons. The number of esters is 1. The van der Waals surface area contributed by atoms with E-state index >= 15 is 0 Å². The molecule has 0 aliphatic carbocycles. The predicted octanol–water partition coefficient (Wildman–Crippen LogP) is 1.69. The van der Waals surface area contributed by atoms with Gasteiger partial charge in [-0.1, -0.05) is 13.0 Å². The molecule has 6 heteroatoms. The number of benzene rings is 1. The molecule has 0 amide bonds. The lowest BCUT2D eigenvalue weighted by molar-refractivity contribution is -0.147. The summed E-state index contributed by atoms with van der Waals surface area (Å²) in [7, 11) is 1.82. The Morgan fingerprint density at radius 1 is 1.38 bits per heavy atom. The van der Waals surface area contributed by atoms with E-state index in [1.54, 1.807) is 28.9 Å². The molecule has 0 atom stereocenters. The number of rotatable bonds is 6. The number of aromatic nitrogens is 2. The summed E-state index contributed by atoms with van der Waals surface area (Å²) in [5.74, 6) is 0.109. The van der Waals surface area contributed by atoms with Gasteiger partial charge in [0.2, 0.25) is 0 Å². The zero-order valence-electron chi connectivity index (χ0n) is 12.2. The van der Waals surface area contributed by atoms with Crippen molar-refractivity contribution in [3.8, 4) is 5.75 Å². The first-order valence-electron chi connectivity index (χ1n) is 6.74. The minimum Gasteiger partial charge on any atom is -0.482 e. The van der Waals surface area contributed by atoms with Crippen LogP contribution in [0, 0.1) is 0 Å². The third kappa shape index (κ3) is 4.24. The fourth-order valence-electron chi connectivity index (χ4n) is 1.82. The van der Waals surface area contributed by atoms with Gasteiger partial charge in [-0.25, -0.2) is 4.79 Å². The Bertz CT molecular complexity index is 622. The maximum Gasteiger partial charge on any atom is 0.344 e. The lowest BCUT2D eigenvalue weighted by Crippen LogP contribution is -2.15. The number of nitrogen functional groups attached to an aromatic ring is 1. The van der Waals surface area contributed by atoms with Crippen molar-refractivity contribution in [2.24, 2.45) is 7.05 Å². The van der Waals surface area contributed by atoms with E-state index in [9.17, 15) is 4.79 Å². The van der Waals surface area contributed by atoms with Crippen LogP contribution in [0.25, 0.3) is 0 Å².